The van der Waals surface area contributed by atoms with Gasteiger partial charge >= 0.3 is 215 Å². The Morgan fingerprint density at radius 1 is 0.816 bits per heavy atom. The molecule has 0 saturated carbocycles. The van der Waals surface area contributed by atoms with E-state index in [1.54, 1.807) is 6.20 Å². The van der Waals surface area contributed by atoms with Gasteiger partial charge in [-0.25, -0.2) is 0 Å². The predicted molar refractivity (Wildman–Crippen MR) is 147 cm³/mol. The minimum atomic E-state index is -0.227. The van der Waals surface area contributed by atoms with Crippen LogP contribution in [0.15, 0.2) is 85.1 Å². The third kappa shape index (κ3) is 3.09. The Morgan fingerprint density at radius 3 is 2.39 bits per heavy atom. The molecule has 0 fully saturated rings. The molecule has 0 amide bonds. The van der Waals surface area contributed by atoms with E-state index in [4.69, 9.17) is 13.1 Å². The third-order valence-corrected chi connectivity index (χ3v) is 9.04. The Balaban J connectivity index is 1.61. The van der Waals surface area contributed by atoms with Crippen LogP contribution in [0.25, 0.3) is 38.6 Å². The summed E-state index contributed by atoms with van der Waals surface area (Å²) in [4.78, 5) is 9.72. The molecular formula is C32H26N3O2Pt+. The molecule has 1 aliphatic rings. The van der Waals surface area contributed by atoms with E-state index in [1.807, 2.05) is 56.6 Å². The van der Waals surface area contributed by atoms with E-state index in [0.717, 1.165) is 39.2 Å². The quantitative estimate of drug-likeness (QED) is 0.178. The predicted octanol–water partition coefficient (Wildman–Crippen LogP) is 7.90. The Morgan fingerprint density at radius 2 is 1.61 bits per heavy atom. The molecular weight excluding hydrogens is 653 g/mol. The average Bonchev–Trinajstić information content (AvgIpc) is 3.34. The molecule has 0 N–H and O–H groups in total. The molecule has 0 spiro atoms. The molecule has 6 heteroatoms. The van der Waals surface area contributed by atoms with Crippen LogP contribution >= 0.6 is 0 Å². The van der Waals surface area contributed by atoms with Crippen molar-refractivity contribution in [3.8, 4) is 28.6 Å². The first-order chi connectivity index (χ1) is 18.3. The van der Waals surface area contributed by atoms with Crippen LogP contribution in [-0.4, -0.2) is 14.4 Å². The van der Waals surface area contributed by atoms with Gasteiger partial charge in [0, 0.05) is 6.20 Å². The first-order valence-corrected chi connectivity index (χ1v) is 13.6. The summed E-state index contributed by atoms with van der Waals surface area (Å²) in [7, 11) is 0. The Hall–Kier alpha value is -3.69. The van der Waals surface area contributed by atoms with Crippen molar-refractivity contribution in [1.82, 2.24) is 14.4 Å². The fourth-order valence-electron chi connectivity index (χ4n) is 6.00. The molecule has 4 heterocycles. The first-order valence-electron chi connectivity index (χ1n) is 12.7. The van der Waals surface area contributed by atoms with Crippen molar-refractivity contribution in [2.45, 2.75) is 38.5 Å². The van der Waals surface area contributed by atoms with Crippen LogP contribution in [0.2, 0.25) is 0 Å². The van der Waals surface area contributed by atoms with Gasteiger partial charge in [-0.3, -0.25) is 0 Å². The van der Waals surface area contributed by atoms with Crippen molar-refractivity contribution in [3.63, 3.8) is 0 Å². The van der Waals surface area contributed by atoms with Crippen LogP contribution in [0.4, 0.5) is 0 Å². The van der Waals surface area contributed by atoms with Gasteiger partial charge < -0.3 is 0 Å². The van der Waals surface area contributed by atoms with Gasteiger partial charge in [-0.05, 0) is 6.07 Å². The molecule has 0 atom stereocenters. The van der Waals surface area contributed by atoms with E-state index in [0.29, 0.717) is 5.88 Å². The average molecular weight is 680 g/mol. The van der Waals surface area contributed by atoms with Crippen molar-refractivity contribution in [2.75, 3.05) is 0 Å². The van der Waals surface area contributed by atoms with Gasteiger partial charge in [-0.2, -0.15) is 0 Å². The molecule has 3 aromatic carbocycles. The first kappa shape index (κ1) is 23.4. The second kappa shape index (κ2) is 8.15. The van der Waals surface area contributed by atoms with Crippen LogP contribution in [0, 0.1) is 0 Å². The standard InChI is InChI=1S/C32H27N3O2.Pt/c1-31(2)23-14-8-13-22-21-12-9-15-24(36)26(21)30-34-27(29(32(31,3)4)35(30)28(22)23)19-10-7-11-20(18-19)37-25-16-5-6-17-33-25;/h5-18,36H,1-4H3;/q;+2/p-1. The molecule has 0 saturated heterocycles. The van der Waals surface area contributed by atoms with Crippen molar-refractivity contribution in [1.29, 1.82) is 0 Å². The Bertz CT molecular complexity index is 1890. The number of para-hydroxylation sites is 1. The third-order valence-electron chi connectivity index (χ3n) is 8.54. The van der Waals surface area contributed by atoms with E-state index >= 15 is 0 Å². The summed E-state index contributed by atoms with van der Waals surface area (Å²) in [5.74, 6) is 2.10. The number of fused-ring (bicyclic) bond motifs is 3. The van der Waals surface area contributed by atoms with E-state index in [1.165, 1.54) is 22.2 Å². The summed E-state index contributed by atoms with van der Waals surface area (Å²) in [5, 5.41) is 3.38. The zero-order valence-corrected chi connectivity index (χ0v) is 23.8. The van der Waals surface area contributed by atoms with Gasteiger partial charge in [0.15, 0.2) is 0 Å². The molecule has 38 heavy (non-hydrogen) atoms. The van der Waals surface area contributed by atoms with Crippen molar-refractivity contribution >= 4 is 27.3 Å². The van der Waals surface area contributed by atoms with Gasteiger partial charge in [0.2, 0.25) is 0 Å². The number of nitrogens with zero attached hydrogens (tertiary/aromatic N) is 3. The number of aromatic nitrogens is 3. The number of imidazole rings is 1. The zero-order chi connectivity index (χ0) is 26.2. The maximum atomic E-state index is 6.10. The summed E-state index contributed by atoms with van der Waals surface area (Å²) < 4.78 is 14.3. The summed E-state index contributed by atoms with van der Waals surface area (Å²) in [5.41, 5.74) is 6.26. The number of ether oxygens (including phenoxy) is 1. The zero-order valence-electron chi connectivity index (χ0n) is 21.6. The summed E-state index contributed by atoms with van der Waals surface area (Å²) in [6, 6.07) is 26.7. The minimum absolute atomic E-state index is 0.141. The molecule has 6 aromatic rings. The molecule has 0 radical (unpaired) electrons. The normalized spacial score (nSPS) is 15.4. The number of pyridine rings is 2. The summed E-state index contributed by atoms with van der Waals surface area (Å²) in [6.07, 6.45) is 1.73. The van der Waals surface area contributed by atoms with E-state index in [2.05, 4.69) is 79.5 Å². The van der Waals surface area contributed by atoms with Crippen LogP contribution in [0.3, 0.4) is 0 Å². The van der Waals surface area contributed by atoms with Crippen LogP contribution in [0.5, 0.6) is 17.4 Å². The number of hydrogen-bond acceptors (Lipinski definition) is 4. The topological polar surface area (TPSA) is 48.7 Å². The van der Waals surface area contributed by atoms with E-state index in [9.17, 15) is 0 Å². The molecule has 0 aliphatic carbocycles. The van der Waals surface area contributed by atoms with Crippen LogP contribution in [-0.2, 0) is 31.0 Å². The molecule has 1 aliphatic heterocycles. The van der Waals surface area contributed by atoms with Crippen LogP contribution < -0.4 is 8.13 Å². The molecule has 3 aromatic heterocycles. The van der Waals surface area contributed by atoms with Gasteiger partial charge in [0.1, 0.15) is 0 Å². The van der Waals surface area contributed by atoms with E-state index in [-0.39, 0.29) is 10.8 Å². The second-order valence-corrected chi connectivity index (χ2v) is 11.4. The van der Waals surface area contributed by atoms with Gasteiger partial charge in [0.25, 0.3) is 0 Å². The summed E-state index contributed by atoms with van der Waals surface area (Å²) in [6.45, 7) is 9.37. The van der Waals surface area contributed by atoms with Gasteiger partial charge in [-0.15, -0.1) is 0 Å². The number of hydrogen-bond donors (Lipinski definition) is 0. The molecule has 7 rings (SSSR count). The Kier molecular flexibility index (Phi) is 5.03. The van der Waals surface area contributed by atoms with Gasteiger partial charge in [-0.1, -0.05) is 6.07 Å². The molecule has 190 valence electrons. The fraction of sp³-hybridized carbons (Fsp3) is 0.188. The molecule has 0 unspecified atom stereocenters. The maximum absolute atomic E-state index is 6.10. The van der Waals surface area contributed by atoms with E-state index < -0.39 is 0 Å². The van der Waals surface area contributed by atoms with Crippen LogP contribution in [0.1, 0.15) is 39.0 Å². The fourth-order valence-corrected chi connectivity index (χ4v) is 6.38. The summed E-state index contributed by atoms with van der Waals surface area (Å²) >= 11 is 1.96. The SMILES string of the molecule is CC1(C)c2cccc3c4cccc([O][Pt+])c4c4nc(-c5cccc(Oc6ccccn6)c5)c(n4c23)C1(C)C. The monoisotopic (exact) mass is 679 g/mol. The number of benzene rings is 3. The van der Waals surface area contributed by atoms with Crippen molar-refractivity contribution in [2.24, 2.45) is 0 Å². The van der Waals surface area contributed by atoms with Gasteiger partial charge in [0.05, 0.1) is 0 Å². The van der Waals surface area contributed by atoms with Crippen molar-refractivity contribution < 1.29 is 28.3 Å². The number of rotatable bonds is 4. The second-order valence-electron chi connectivity index (χ2n) is 11.0. The van der Waals surface area contributed by atoms with Crippen molar-refractivity contribution in [3.05, 3.63) is 96.3 Å². The molecule has 5 nitrogen and oxygen atoms in total. The molecule has 0 bridgehead atoms. The Labute approximate surface area is 232 Å².